The van der Waals surface area contributed by atoms with Crippen LogP contribution in [-0.2, 0) is 4.74 Å². The number of ether oxygens (including phenoxy) is 1. The second-order valence-corrected chi connectivity index (χ2v) is 13.0. The van der Waals surface area contributed by atoms with Gasteiger partial charge in [0.15, 0.2) is 5.78 Å². The molecule has 1 aromatic rings. The Hall–Kier alpha value is -3.08. The van der Waals surface area contributed by atoms with Gasteiger partial charge in [0, 0.05) is 35.5 Å². The van der Waals surface area contributed by atoms with Crippen molar-refractivity contribution in [1.82, 2.24) is 15.2 Å². The third-order valence-electron chi connectivity index (χ3n) is 9.22. The Morgan fingerprint density at radius 3 is 2.50 bits per heavy atom. The van der Waals surface area contributed by atoms with Crippen LogP contribution in [0.25, 0.3) is 5.57 Å². The molecule has 1 aromatic heterocycles. The zero-order valence-electron chi connectivity index (χ0n) is 27.6. The number of ketones is 1. The zero-order valence-corrected chi connectivity index (χ0v) is 27.6. The van der Waals surface area contributed by atoms with Crippen LogP contribution >= 0.6 is 0 Å². The van der Waals surface area contributed by atoms with Crippen LogP contribution in [0.5, 0.6) is 0 Å². The monoisotopic (exact) mass is 571 g/mol. The molecule has 228 valence electrons. The smallest absolute Gasteiger partial charge is 0.159 e. The van der Waals surface area contributed by atoms with Crippen molar-refractivity contribution in [2.24, 2.45) is 17.8 Å². The van der Waals surface area contributed by atoms with Crippen LogP contribution in [0.4, 0.5) is 0 Å². The summed E-state index contributed by atoms with van der Waals surface area (Å²) in [7, 11) is 0. The molecule has 0 spiro atoms. The number of aryl methyl sites for hydroxylation is 1. The lowest BCUT2D eigenvalue weighted by Crippen LogP contribution is -2.27. The fraction of sp³-hybridized carbons (Fsp3) is 0.568. The van der Waals surface area contributed by atoms with Gasteiger partial charge in [-0.25, -0.2) is 0 Å². The number of allylic oxidation sites excluding steroid dienone is 8. The maximum atomic E-state index is 12.2. The van der Waals surface area contributed by atoms with Gasteiger partial charge in [0.25, 0.3) is 0 Å². The van der Waals surface area contributed by atoms with Crippen molar-refractivity contribution in [2.75, 3.05) is 13.2 Å². The zero-order chi connectivity index (χ0) is 30.6. The van der Waals surface area contributed by atoms with E-state index in [1.807, 2.05) is 19.1 Å². The molecule has 42 heavy (non-hydrogen) atoms. The molecule has 0 aromatic carbocycles. The third-order valence-corrected chi connectivity index (χ3v) is 9.22. The van der Waals surface area contributed by atoms with E-state index < -0.39 is 0 Å². The van der Waals surface area contributed by atoms with Crippen molar-refractivity contribution < 1.29 is 9.53 Å². The lowest BCUT2D eigenvalue weighted by Gasteiger charge is -2.27. The molecule has 4 rings (SSSR count). The maximum absolute atomic E-state index is 12.2. The summed E-state index contributed by atoms with van der Waals surface area (Å²) in [4.78, 5) is 19.7. The summed E-state index contributed by atoms with van der Waals surface area (Å²) in [6.07, 6.45) is 12.5. The normalized spacial score (nSPS) is 21.8. The van der Waals surface area contributed by atoms with Crippen molar-refractivity contribution in [3.63, 3.8) is 0 Å². The molecule has 0 bridgehead atoms. The Kier molecular flexibility index (Phi) is 10.6. The lowest BCUT2D eigenvalue weighted by molar-refractivity contribution is 0.101. The van der Waals surface area contributed by atoms with Gasteiger partial charge >= 0.3 is 0 Å². The highest BCUT2D eigenvalue weighted by molar-refractivity contribution is 5.95. The van der Waals surface area contributed by atoms with E-state index in [2.05, 4.69) is 70.8 Å². The molecule has 0 amide bonds. The number of pyridine rings is 1. The largest absolute Gasteiger partial charge is 0.497 e. The van der Waals surface area contributed by atoms with Gasteiger partial charge in [-0.05, 0) is 121 Å². The highest BCUT2D eigenvalue weighted by Gasteiger charge is 2.33. The average Bonchev–Trinajstić information content (AvgIpc) is 3.54. The summed E-state index contributed by atoms with van der Waals surface area (Å²) in [6.45, 7) is 20.8. The Bertz CT molecular complexity index is 1340. The number of hydrogen-bond donors (Lipinski definition) is 1. The van der Waals surface area contributed by atoms with Crippen LogP contribution in [0.3, 0.4) is 0 Å². The number of rotatable bonds is 11. The maximum Gasteiger partial charge on any atom is 0.159 e. The van der Waals surface area contributed by atoms with E-state index in [-0.39, 0.29) is 5.78 Å². The van der Waals surface area contributed by atoms with Crippen LogP contribution in [0.15, 0.2) is 64.0 Å². The number of nitrogens with zero attached hydrogens (tertiary/aromatic N) is 2. The van der Waals surface area contributed by atoms with E-state index in [1.54, 1.807) is 12.5 Å². The second-order valence-electron chi connectivity index (χ2n) is 13.0. The van der Waals surface area contributed by atoms with E-state index in [0.717, 1.165) is 61.6 Å². The second kappa shape index (κ2) is 13.9. The molecule has 1 saturated carbocycles. The quantitative estimate of drug-likeness (QED) is 0.163. The molecule has 1 fully saturated rings. The summed E-state index contributed by atoms with van der Waals surface area (Å²) >= 11 is 0. The molecule has 2 heterocycles. The van der Waals surface area contributed by atoms with Gasteiger partial charge in [0.1, 0.15) is 11.6 Å². The summed E-state index contributed by atoms with van der Waals surface area (Å²) in [6, 6.07) is 3.80. The van der Waals surface area contributed by atoms with Gasteiger partial charge < -0.3 is 15.0 Å². The minimum absolute atomic E-state index is 0.0593. The molecule has 0 saturated heterocycles. The van der Waals surface area contributed by atoms with E-state index in [4.69, 9.17) is 9.72 Å². The molecular formula is C37H53N3O2. The van der Waals surface area contributed by atoms with Gasteiger partial charge in [0.05, 0.1) is 18.0 Å². The highest BCUT2D eigenvalue weighted by atomic mass is 16.5. The number of Topliss-reactive ketones (excluding diaryl/α,β-unsaturated/α-hetero) is 1. The van der Waals surface area contributed by atoms with Crippen LogP contribution < -0.4 is 5.32 Å². The Balaban J connectivity index is 1.50. The highest BCUT2D eigenvalue weighted by Crippen LogP contribution is 2.39. The van der Waals surface area contributed by atoms with Gasteiger partial charge in [-0.3, -0.25) is 9.78 Å². The summed E-state index contributed by atoms with van der Waals surface area (Å²) in [5.74, 6) is 4.10. The van der Waals surface area contributed by atoms with E-state index in [9.17, 15) is 4.79 Å². The molecule has 0 radical (unpaired) electrons. The van der Waals surface area contributed by atoms with Crippen molar-refractivity contribution in [1.29, 1.82) is 0 Å². The summed E-state index contributed by atoms with van der Waals surface area (Å²) in [5, 5.41) is 3.76. The van der Waals surface area contributed by atoms with Crippen LogP contribution in [-0.4, -0.2) is 28.8 Å². The van der Waals surface area contributed by atoms with E-state index >= 15 is 0 Å². The van der Waals surface area contributed by atoms with Crippen LogP contribution in [0.1, 0.15) is 122 Å². The molecule has 2 unspecified atom stereocenters. The van der Waals surface area contributed by atoms with Crippen LogP contribution in [0, 0.1) is 24.7 Å². The van der Waals surface area contributed by atoms with Gasteiger partial charge in [-0.15, -0.1) is 0 Å². The molecule has 2 aliphatic carbocycles. The Labute approximate surface area is 254 Å². The first-order chi connectivity index (χ1) is 20.0. The molecule has 5 heteroatoms. The van der Waals surface area contributed by atoms with Gasteiger partial charge in [-0.1, -0.05) is 38.8 Å². The van der Waals surface area contributed by atoms with Crippen molar-refractivity contribution >= 4 is 11.4 Å². The standard InChI is InChI=1S/C37H53N3O2/c1-10-12-36-39-32-16-15-30(24(5)6)20-34(32)40(36)21-28-13-14-29(18-28)22-42-35(11-2)37(26(8)23(3)4)33-19-31(27(9)41)17-25(7)38-33/h12,17,19-20,24,28-29,39H,10-11,13-16,18,21-22H2,1-9H3/b36-12-,37-35-. The summed E-state index contributed by atoms with van der Waals surface area (Å²) in [5.41, 5.74) is 10.2. The predicted molar refractivity (Wildman–Crippen MR) is 174 cm³/mol. The Morgan fingerprint density at radius 1 is 1.12 bits per heavy atom. The summed E-state index contributed by atoms with van der Waals surface area (Å²) < 4.78 is 6.67. The molecular weight excluding hydrogens is 518 g/mol. The van der Waals surface area contributed by atoms with E-state index in [0.29, 0.717) is 23.3 Å². The molecule has 2 atom stereocenters. The molecule has 5 nitrogen and oxygen atoms in total. The molecule has 1 aliphatic heterocycles. The van der Waals surface area contributed by atoms with Crippen molar-refractivity contribution in [2.45, 2.75) is 107 Å². The minimum Gasteiger partial charge on any atom is -0.497 e. The lowest BCUT2D eigenvalue weighted by atomic mass is 9.92. The first-order valence-corrected chi connectivity index (χ1v) is 16.2. The van der Waals surface area contributed by atoms with Gasteiger partial charge in [0.2, 0.25) is 0 Å². The Morgan fingerprint density at radius 2 is 1.86 bits per heavy atom. The number of nitrogens with one attached hydrogen (secondary N) is 1. The van der Waals surface area contributed by atoms with E-state index in [1.165, 1.54) is 47.6 Å². The fourth-order valence-corrected chi connectivity index (χ4v) is 6.58. The fourth-order valence-electron chi connectivity index (χ4n) is 6.58. The average molecular weight is 572 g/mol. The molecule has 3 aliphatic rings. The minimum atomic E-state index is 0.0593. The van der Waals surface area contributed by atoms with Crippen LogP contribution in [0.2, 0.25) is 0 Å². The number of carbonyl (C=O) groups excluding carboxylic acids is 1. The number of carbonyl (C=O) groups is 1. The third kappa shape index (κ3) is 7.27. The number of hydrogen-bond acceptors (Lipinski definition) is 5. The molecule has 1 N–H and O–H groups in total. The first-order valence-electron chi connectivity index (χ1n) is 16.2. The van der Waals surface area contributed by atoms with Crippen molar-refractivity contribution in [3.8, 4) is 0 Å². The first kappa shape index (κ1) is 31.8. The number of aromatic nitrogens is 1. The van der Waals surface area contributed by atoms with Gasteiger partial charge in [-0.2, -0.15) is 0 Å². The topological polar surface area (TPSA) is 54.5 Å². The SMILES string of the molecule is CC/C=C1/NC2=C(C=C(C(C)C)CC2)N1CC1CCC(CO/C(CC)=C(/C(C)=C(C)C)c2cc(C(C)=O)cc(C)n2)C1. The predicted octanol–water partition coefficient (Wildman–Crippen LogP) is 9.25. The van der Waals surface area contributed by atoms with Crippen molar-refractivity contribution in [3.05, 3.63) is 80.9 Å².